The van der Waals surface area contributed by atoms with Crippen molar-refractivity contribution in [3.05, 3.63) is 76.9 Å². The molecule has 0 bridgehead atoms. The average molecular weight is 344 g/mol. The summed E-state index contributed by atoms with van der Waals surface area (Å²) >= 11 is 0. The lowest BCUT2D eigenvalue weighted by Gasteiger charge is -2.34. The molecule has 2 unspecified atom stereocenters. The minimum absolute atomic E-state index is 0.361. The van der Waals surface area contributed by atoms with E-state index in [9.17, 15) is 14.9 Å². The van der Waals surface area contributed by atoms with Crippen LogP contribution >= 0.6 is 0 Å². The normalized spacial score (nSPS) is 19.7. The van der Waals surface area contributed by atoms with Gasteiger partial charge in [-0.25, -0.2) is 0 Å². The molecule has 2 atom stereocenters. The Bertz CT molecular complexity index is 918. The summed E-state index contributed by atoms with van der Waals surface area (Å²) in [6, 6.07) is 17.0. The van der Waals surface area contributed by atoms with Crippen LogP contribution in [0.5, 0.6) is 0 Å². The highest BCUT2D eigenvalue weighted by atomic mass is 16.2. The molecule has 0 spiro atoms. The molecule has 0 saturated carbocycles. The predicted molar refractivity (Wildman–Crippen MR) is 99.7 cm³/mol. The summed E-state index contributed by atoms with van der Waals surface area (Å²) in [5.74, 6) is -1.81. The Morgan fingerprint density at radius 3 is 2.04 bits per heavy atom. The number of benzene rings is 2. The van der Waals surface area contributed by atoms with Crippen LogP contribution in [0.3, 0.4) is 0 Å². The largest absolute Gasteiger partial charge is 0.275 e. The molecule has 3 rings (SSSR count). The van der Waals surface area contributed by atoms with Crippen LogP contribution in [0.4, 0.5) is 0 Å². The molecule has 0 N–H and O–H groups in total. The number of rotatable bonds is 2. The van der Waals surface area contributed by atoms with Gasteiger partial charge < -0.3 is 0 Å². The van der Waals surface area contributed by atoms with E-state index >= 15 is 0 Å². The zero-order valence-corrected chi connectivity index (χ0v) is 15.1. The van der Waals surface area contributed by atoms with Gasteiger partial charge in [-0.05, 0) is 30.5 Å². The number of nitriles is 1. The number of nitrogens with zero attached hydrogens (tertiary/aromatic N) is 2. The van der Waals surface area contributed by atoms with Gasteiger partial charge in [0, 0.05) is 6.92 Å². The molecule has 4 nitrogen and oxygen atoms in total. The number of carbonyl (C=O) groups is 2. The lowest BCUT2D eigenvalue weighted by molar-refractivity contribution is -0.146. The summed E-state index contributed by atoms with van der Waals surface area (Å²) < 4.78 is 0. The van der Waals surface area contributed by atoms with Crippen molar-refractivity contribution < 1.29 is 9.59 Å². The molecule has 0 aromatic heterocycles. The molecule has 130 valence electrons. The van der Waals surface area contributed by atoms with Crippen LogP contribution in [0.1, 0.15) is 35.2 Å². The molecule has 2 aromatic rings. The van der Waals surface area contributed by atoms with Crippen LogP contribution in [0.15, 0.2) is 54.6 Å². The summed E-state index contributed by atoms with van der Waals surface area (Å²) in [5.41, 5.74) is 4.53. The maximum atomic E-state index is 12.9. The first-order valence-corrected chi connectivity index (χ1v) is 8.51. The fraction of sp³-hybridized carbons (Fsp3) is 0.227. The van der Waals surface area contributed by atoms with E-state index in [-0.39, 0.29) is 5.91 Å². The van der Waals surface area contributed by atoms with Crippen LogP contribution in [-0.2, 0) is 9.59 Å². The number of carbonyl (C=O) groups excluding carboxylic acids is 2. The second-order valence-corrected chi connectivity index (χ2v) is 6.63. The quantitative estimate of drug-likeness (QED) is 0.828. The van der Waals surface area contributed by atoms with Gasteiger partial charge in [0.1, 0.15) is 0 Å². The minimum atomic E-state index is -0.983. The first kappa shape index (κ1) is 17.6. The van der Waals surface area contributed by atoms with Crippen LogP contribution in [0.2, 0.25) is 0 Å². The molecule has 0 saturated heterocycles. The molecule has 0 radical (unpaired) electrons. The van der Waals surface area contributed by atoms with Crippen molar-refractivity contribution in [3.8, 4) is 6.07 Å². The Labute approximate surface area is 153 Å². The van der Waals surface area contributed by atoms with Gasteiger partial charge >= 0.3 is 0 Å². The summed E-state index contributed by atoms with van der Waals surface area (Å²) in [6.45, 7) is 5.33. The van der Waals surface area contributed by atoms with E-state index in [1.54, 1.807) is 0 Å². The topological polar surface area (TPSA) is 61.2 Å². The minimum Gasteiger partial charge on any atom is -0.275 e. The van der Waals surface area contributed by atoms with Crippen LogP contribution in [-0.4, -0.2) is 16.7 Å². The molecule has 1 aliphatic rings. The van der Waals surface area contributed by atoms with Gasteiger partial charge in [0.05, 0.1) is 12.1 Å². The summed E-state index contributed by atoms with van der Waals surface area (Å²) in [4.78, 5) is 26.3. The zero-order valence-electron chi connectivity index (χ0n) is 15.1. The Balaban J connectivity index is 2.17. The number of amides is 2. The van der Waals surface area contributed by atoms with Gasteiger partial charge in [0.15, 0.2) is 5.92 Å². The fourth-order valence-electron chi connectivity index (χ4n) is 3.24. The van der Waals surface area contributed by atoms with Crippen molar-refractivity contribution in [2.45, 2.75) is 26.8 Å². The van der Waals surface area contributed by atoms with E-state index < -0.39 is 17.9 Å². The summed E-state index contributed by atoms with van der Waals surface area (Å²) in [6.07, 6.45) is 1.87. The Kier molecular flexibility index (Phi) is 4.73. The first-order valence-electron chi connectivity index (χ1n) is 8.51. The van der Waals surface area contributed by atoms with Crippen molar-refractivity contribution in [3.63, 3.8) is 0 Å². The van der Waals surface area contributed by atoms with Crippen molar-refractivity contribution in [2.75, 3.05) is 0 Å². The van der Waals surface area contributed by atoms with Crippen LogP contribution in [0.25, 0.3) is 5.57 Å². The number of hydrogen-bond acceptors (Lipinski definition) is 3. The SMILES string of the molecule is CC(=O)N1C(=O)C(C#N)C(c2ccc(C)cc2)=CC1c1ccc(C)cc1. The number of imide groups is 1. The molecule has 0 fully saturated rings. The van der Waals surface area contributed by atoms with Crippen molar-refractivity contribution in [1.29, 1.82) is 5.26 Å². The van der Waals surface area contributed by atoms with E-state index in [2.05, 4.69) is 6.07 Å². The Morgan fingerprint density at radius 2 is 1.54 bits per heavy atom. The van der Waals surface area contributed by atoms with E-state index in [1.807, 2.05) is 68.5 Å². The van der Waals surface area contributed by atoms with Gasteiger partial charge in [-0.15, -0.1) is 0 Å². The fourth-order valence-corrected chi connectivity index (χ4v) is 3.24. The van der Waals surface area contributed by atoms with Gasteiger partial charge in [-0.1, -0.05) is 65.7 Å². The molecule has 1 heterocycles. The van der Waals surface area contributed by atoms with Gasteiger partial charge in [0.25, 0.3) is 5.91 Å². The molecule has 26 heavy (non-hydrogen) atoms. The summed E-state index contributed by atoms with van der Waals surface area (Å²) in [7, 11) is 0. The van der Waals surface area contributed by atoms with Crippen molar-refractivity contribution >= 4 is 17.4 Å². The maximum absolute atomic E-state index is 12.9. The second-order valence-electron chi connectivity index (χ2n) is 6.63. The standard InChI is InChI=1S/C22H20N2O2/c1-14-4-8-17(9-5-14)19-12-21(18-10-6-15(2)7-11-18)24(16(3)25)22(26)20(19)13-23/h4-12,20-21H,1-3H3. The summed E-state index contributed by atoms with van der Waals surface area (Å²) in [5, 5.41) is 9.59. The van der Waals surface area contributed by atoms with E-state index in [0.29, 0.717) is 5.57 Å². The monoisotopic (exact) mass is 344 g/mol. The lowest BCUT2D eigenvalue weighted by Crippen LogP contribution is -2.44. The number of hydrogen-bond donors (Lipinski definition) is 0. The molecule has 1 aliphatic heterocycles. The lowest BCUT2D eigenvalue weighted by atomic mass is 9.84. The van der Waals surface area contributed by atoms with E-state index in [4.69, 9.17) is 0 Å². The molecular weight excluding hydrogens is 324 g/mol. The van der Waals surface area contributed by atoms with Gasteiger partial charge in [-0.3, -0.25) is 14.5 Å². The molecule has 4 heteroatoms. The highest BCUT2D eigenvalue weighted by Gasteiger charge is 2.39. The molecule has 2 aromatic carbocycles. The third kappa shape index (κ3) is 3.16. The van der Waals surface area contributed by atoms with Crippen LogP contribution < -0.4 is 0 Å². The third-order valence-electron chi connectivity index (χ3n) is 4.68. The smallest absolute Gasteiger partial charge is 0.251 e. The maximum Gasteiger partial charge on any atom is 0.251 e. The molecular formula is C22H20N2O2. The third-order valence-corrected chi connectivity index (χ3v) is 4.68. The van der Waals surface area contributed by atoms with Gasteiger partial charge in [0.2, 0.25) is 5.91 Å². The average Bonchev–Trinajstić information content (AvgIpc) is 2.62. The van der Waals surface area contributed by atoms with Gasteiger partial charge in [-0.2, -0.15) is 5.26 Å². The first-order chi connectivity index (χ1) is 12.4. The second kappa shape index (κ2) is 6.97. The predicted octanol–water partition coefficient (Wildman–Crippen LogP) is 3.96. The van der Waals surface area contributed by atoms with E-state index in [1.165, 1.54) is 11.8 Å². The van der Waals surface area contributed by atoms with Crippen LogP contribution in [0, 0.1) is 31.1 Å². The highest BCUT2D eigenvalue weighted by molar-refractivity contribution is 6.05. The Hall–Kier alpha value is -3.19. The highest BCUT2D eigenvalue weighted by Crippen LogP contribution is 2.37. The number of aryl methyl sites for hydroxylation is 2. The van der Waals surface area contributed by atoms with Crippen molar-refractivity contribution in [2.24, 2.45) is 5.92 Å². The molecule has 0 aliphatic carbocycles. The van der Waals surface area contributed by atoms with Crippen molar-refractivity contribution in [1.82, 2.24) is 4.90 Å². The Morgan fingerprint density at radius 1 is 1.00 bits per heavy atom. The zero-order chi connectivity index (χ0) is 18.8. The molecule has 2 amide bonds. The van der Waals surface area contributed by atoms with E-state index in [0.717, 1.165) is 22.3 Å².